The lowest BCUT2D eigenvalue weighted by atomic mass is 10.3. The van der Waals surface area contributed by atoms with Crippen molar-refractivity contribution < 1.29 is 0 Å². The van der Waals surface area contributed by atoms with Crippen molar-refractivity contribution >= 4 is 96.7 Å². The molecule has 13 heteroatoms. The standard InChI is InChI=1S/C56H56N12P/c1-65(2)49-25-9-41(10-26-49)57-61-45-17-33-53(34-18-45)69(54-35-19-46(20-36-54)62-58-42-11-27-50(28-12-42)66(3)4,55-37-21-47(22-38-55)63-59-43-13-29-51(30-14-43)67(5)6)56-39-23-48(24-40-56)64-60-44-15-31-52(32-16-44)68(7)8/h9-40H,1-8H3/q+1. The zero-order valence-electron chi connectivity index (χ0n) is 40.3. The van der Waals surface area contributed by atoms with Crippen LogP contribution in [0.25, 0.3) is 0 Å². The molecule has 0 heterocycles. The number of rotatable bonds is 16. The minimum Gasteiger partial charge on any atom is -0.378 e. The third kappa shape index (κ3) is 11.5. The Balaban J connectivity index is 1.21. The summed E-state index contributed by atoms with van der Waals surface area (Å²) in [6, 6.07) is 65.9. The molecule has 69 heavy (non-hydrogen) atoms. The average molecular weight is 928 g/mol. The molecule has 0 aliphatic carbocycles. The molecule has 8 aromatic carbocycles. The zero-order valence-corrected chi connectivity index (χ0v) is 41.2. The molecule has 0 amide bonds. The van der Waals surface area contributed by atoms with E-state index in [4.69, 9.17) is 0 Å². The van der Waals surface area contributed by atoms with Crippen molar-refractivity contribution in [3.8, 4) is 0 Å². The Bertz CT molecular complexity index is 2610. The van der Waals surface area contributed by atoms with Crippen LogP contribution in [0.4, 0.5) is 68.2 Å². The SMILES string of the molecule is CN(C)c1ccc(N=Nc2ccc([P+](c3ccc(N=Nc4ccc(N(C)C)cc4)cc3)(c3ccc(N=Nc4ccc(N(C)C)cc4)cc3)c3ccc(N=Nc4ccc(N(C)C)cc4)cc3)cc2)cc1. The van der Waals surface area contributed by atoms with E-state index in [0.717, 1.165) is 89.5 Å². The van der Waals surface area contributed by atoms with Crippen LogP contribution in [0.15, 0.2) is 235 Å². The highest BCUT2D eigenvalue weighted by Crippen LogP contribution is 2.55. The highest BCUT2D eigenvalue weighted by molar-refractivity contribution is 8.01. The Hall–Kier alpha value is -8.21. The first-order valence-electron chi connectivity index (χ1n) is 22.5. The number of hydrogen-bond acceptors (Lipinski definition) is 12. The molecule has 344 valence electrons. The van der Waals surface area contributed by atoms with Gasteiger partial charge in [0.15, 0.2) is 0 Å². The van der Waals surface area contributed by atoms with E-state index in [2.05, 4.69) is 109 Å². The molecule has 0 atom stereocenters. The topological polar surface area (TPSA) is 112 Å². The third-order valence-corrected chi connectivity index (χ3v) is 15.8. The number of nitrogens with zero attached hydrogens (tertiary/aromatic N) is 12. The van der Waals surface area contributed by atoms with Crippen LogP contribution in [0.2, 0.25) is 0 Å². The molecule has 8 rings (SSSR count). The molecule has 0 bridgehead atoms. The summed E-state index contributed by atoms with van der Waals surface area (Å²) in [5, 5.41) is 41.4. The molecule has 0 aromatic heterocycles. The Morgan fingerprint density at radius 3 is 0.464 bits per heavy atom. The largest absolute Gasteiger partial charge is 0.378 e. The van der Waals surface area contributed by atoms with Gasteiger partial charge in [-0.3, -0.25) is 0 Å². The van der Waals surface area contributed by atoms with Gasteiger partial charge in [0.05, 0.1) is 45.5 Å². The van der Waals surface area contributed by atoms with Gasteiger partial charge in [0, 0.05) is 79.1 Å². The van der Waals surface area contributed by atoms with E-state index in [0.29, 0.717) is 0 Å². The summed E-state index contributed by atoms with van der Waals surface area (Å²) in [7, 11) is 13.5. The van der Waals surface area contributed by atoms with Crippen molar-refractivity contribution in [1.82, 2.24) is 0 Å². The van der Waals surface area contributed by atoms with Gasteiger partial charge in [0.1, 0.15) is 28.5 Å². The van der Waals surface area contributed by atoms with E-state index in [1.165, 1.54) is 0 Å². The van der Waals surface area contributed by atoms with Gasteiger partial charge in [-0.25, -0.2) is 0 Å². The van der Waals surface area contributed by atoms with Crippen LogP contribution in [0.5, 0.6) is 0 Å². The fourth-order valence-electron chi connectivity index (χ4n) is 7.60. The van der Waals surface area contributed by atoms with E-state index in [1.54, 1.807) is 0 Å². The van der Waals surface area contributed by atoms with Gasteiger partial charge < -0.3 is 19.6 Å². The second-order valence-electron chi connectivity index (χ2n) is 17.2. The molecule has 12 nitrogen and oxygen atoms in total. The molecule has 0 unspecified atom stereocenters. The monoisotopic (exact) mass is 927 g/mol. The first-order valence-corrected chi connectivity index (χ1v) is 24.3. The first kappa shape index (κ1) is 47.3. The molecular weight excluding hydrogens is 872 g/mol. The maximum atomic E-state index is 4.65. The molecule has 0 saturated carbocycles. The number of hydrogen-bond donors (Lipinski definition) is 0. The highest BCUT2D eigenvalue weighted by Gasteiger charge is 2.48. The molecule has 0 aliphatic rings. The van der Waals surface area contributed by atoms with Crippen LogP contribution in [0, 0.1) is 0 Å². The van der Waals surface area contributed by atoms with E-state index >= 15 is 0 Å². The lowest BCUT2D eigenvalue weighted by Crippen LogP contribution is -2.38. The Labute approximate surface area is 406 Å². The van der Waals surface area contributed by atoms with Crippen LogP contribution in [0.3, 0.4) is 0 Å². The van der Waals surface area contributed by atoms with Gasteiger partial charge in [0.2, 0.25) is 0 Å². The van der Waals surface area contributed by atoms with Gasteiger partial charge in [-0.1, -0.05) is 0 Å². The highest BCUT2D eigenvalue weighted by atomic mass is 31.2. The summed E-state index contributed by atoms with van der Waals surface area (Å²) >= 11 is 0. The Morgan fingerprint density at radius 1 is 0.203 bits per heavy atom. The molecular formula is C56H56N12P+. The lowest BCUT2D eigenvalue weighted by Gasteiger charge is -2.27. The fourth-order valence-corrected chi connectivity index (χ4v) is 11.8. The van der Waals surface area contributed by atoms with Gasteiger partial charge in [-0.05, 0) is 194 Å². The molecule has 0 saturated heterocycles. The Kier molecular flexibility index (Phi) is 14.8. The third-order valence-electron chi connectivity index (χ3n) is 11.5. The van der Waals surface area contributed by atoms with E-state index in [9.17, 15) is 0 Å². The Morgan fingerprint density at radius 2 is 0.333 bits per heavy atom. The maximum absolute atomic E-state index is 4.65. The van der Waals surface area contributed by atoms with Crippen molar-refractivity contribution in [3.63, 3.8) is 0 Å². The fraction of sp³-hybridized carbons (Fsp3) is 0.143. The quantitative estimate of drug-likeness (QED) is 0.0709. The summed E-state index contributed by atoms with van der Waals surface area (Å²) < 4.78 is 0. The predicted octanol–water partition coefficient (Wildman–Crippen LogP) is 14.2. The summed E-state index contributed by atoms with van der Waals surface area (Å²) in [4.78, 5) is 8.24. The van der Waals surface area contributed by atoms with E-state index in [1.807, 2.05) is 202 Å². The van der Waals surface area contributed by atoms with Crippen molar-refractivity contribution in [1.29, 1.82) is 0 Å². The minimum absolute atomic E-state index is 0.742. The second kappa shape index (κ2) is 21.6. The van der Waals surface area contributed by atoms with Crippen LogP contribution < -0.4 is 40.8 Å². The van der Waals surface area contributed by atoms with Gasteiger partial charge in [-0.15, -0.1) is 0 Å². The van der Waals surface area contributed by atoms with Gasteiger partial charge in [0.25, 0.3) is 0 Å². The van der Waals surface area contributed by atoms with Crippen LogP contribution in [-0.2, 0) is 0 Å². The van der Waals surface area contributed by atoms with Crippen LogP contribution in [0.1, 0.15) is 0 Å². The smallest absolute Gasteiger partial charge is 0.144 e. The molecule has 0 radical (unpaired) electrons. The molecule has 0 aliphatic heterocycles. The normalized spacial score (nSPS) is 12.5. The van der Waals surface area contributed by atoms with Gasteiger partial charge >= 0.3 is 0 Å². The van der Waals surface area contributed by atoms with Gasteiger partial charge in [-0.2, -0.15) is 40.9 Å². The first-order chi connectivity index (χ1) is 33.4. The van der Waals surface area contributed by atoms with E-state index in [-0.39, 0.29) is 0 Å². The average Bonchev–Trinajstić information content (AvgIpc) is 3.38. The van der Waals surface area contributed by atoms with E-state index < -0.39 is 7.26 Å². The number of azo groups is 4. The van der Waals surface area contributed by atoms with Crippen molar-refractivity contribution in [2.24, 2.45) is 40.9 Å². The summed E-state index contributed by atoms with van der Waals surface area (Å²) in [5.41, 5.74) is 10.5. The second-order valence-corrected chi connectivity index (χ2v) is 20.6. The predicted molar refractivity (Wildman–Crippen MR) is 291 cm³/mol. The minimum atomic E-state index is -2.66. The number of benzene rings is 8. The molecule has 0 spiro atoms. The zero-order chi connectivity index (χ0) is 48.3. The van der Waals surface area contributed by atoms with Crippen LogP contribution in [-0.4, -0.2) is 56.4 Å². The number of anilines is 4. The maximum Gasteiger partial charge on any atom is 0.144 e. The molecule has 8 aromatic rings. The van der Waals surface area contributed by atoms with Crippen LogP contribution >= 0.6 is 7.26 Å². The molecule has 0 fully saturated rings. The lowest BCUT2D eigenvalue weighted by molar-refractivity contribution is 1.13. The van der Waals surface area contributed by atoms with Crippen molar-refractivity contribution in [2.75, 3.05) is 76.0 Å². The molecule has 0 N–H and O–H groups in total. The van der Waals surface area contributed by atoms with Crippen molar-refractivity contribution in [2.45, 2.75) is 0 Å². The summed E-state index contributed by atoms with van der Waals surface area (Å²) in [5.74, 6) is 0. The summed E-state index contributed by atoms with van der Waals surface area (Å²) in [6.45, 7) is 0. The summed E-state index contributed by atoms with van der Waals surface area (Å²) in [6.07, 6.45) is 0. The van der Waals surface area contributed by atoms with Crippen molar-refractivity contribution in [3.05, 3.63) is 194 Å².